The van der Waals surface area contributed by atoms with Gasteiger partial charge in [0.05, 0.1) is 10.5 Å². The van der Waals surface area contributed by atoms with E-state index in [0.717, 1.165) is 11.0 Å². The standard InChI is InChI=1S/C20H11FO4S/c21-15-7-5-11(9-14(15)20(23)24)16-8-6-12(25-16)10-18-19(22)13-3-1-2-4-17(13)26-18/h1-10H,(H,23,24)/b18-10-. The van der Waals surface area contributed by atoms with Gasteiger partial charge < -0.3 is 9.52 Å². The van der Waals surface area contributed by atoms with E-state index in [1.54, 1.807) is 24.3 Å². The second-order valence-corrected chi connectivity index (χ2v) is 6.72. The zero-order valence-electron chi connectivity index (χ0n) is 13.2. The van der Waals surface area contributed by atoms with Crippen LogP contribution in [0.2, 0.25) is 0 Å². The first kappa shape index (κ1) is 16.4. The fourth-order valence-corrected chi connectivity index (χ4v) is 3.72. The lowest BCUT2D eigenvalue weighted by atomic mass is 10.1. The monoisotopic (exact) mass is 366 g/mol. The highest BCUT2D eigenvalue weighted by Crippen LogP contribution is 2.40. The van der Waals surface area contributed by atoms with Crippen molar-refractivity contribution >= 4 is 29.6 Å². The Balaban J connectivity index is 1.65. The topological polar surface area (TPSA) is 67.5 Å². The molecule has 0 bridgehead atoms. The Hall–Kier alpha value is -3.12. The first-order valence-corrected chi connectivity index (χ1v) is 8.51. The second kappa shape index (κ2) is 6.31. The van der Waals surface area contributed by atoms with Gasteiger partial charge in [-0.15, -0.1) is 0 Å². The van der Waals surface area contributed by atoms with Crippen LogP contribution in [0, 0.1) is 5.82 Å². The van der Waals surface area contributed by atoms with Gasteiger partial charge >= 0.3 is 5.97 Å². The molecule has 0 fully saturated rings. The Bertz CT molecular complexity index is 1080. The molecule has 0 atom stereocenters. The Morgan fingerprint density at radius 1 is 1.12 bits per heavy atom. The van der Waals surface area contributed by atoms with E-state index in [4.69, 9.17) is 9.52 Å². The third kappa shape index (κ3) is 2.84. The molecule has 1 aliphatic heterocycles. The van der Waals surface area contributed by atoms with E-state index in [0.29, 0.717) is 27.6 Å². The molecule has 128 valence electrons. The van der Waals surface area contributed by atoms with Crippen LogP contribution in [-0.2, 0) is 0 Å². The minimum Gasteiger partial charge on any atom is -0.478 e. The molecule has 4 nitrogen and oxygen atoms in total. The number of carboxylic acid groups (broad SMARTS) is 1. The maximum Gasteiger partial charge on any atom is 0.338 e. The van der Waals surface area contributed by atoms with E-state index in [2.05, 4.69) is 0 Å². The number of allylic oxidation sites excluding steroid dienone is 1. The van der Waals surface area contributed by atoms with Crippen LogP contribution in [0.3, 0.4) is 0 Å². The molecule has 3 aromatic rings. The number of carboxylic acids is 1. The number of ketones is 1. The molecule has 1 N–H and O–H groups in total. The first-order valence-electron chi connectivity index (χ1n) is 7.69. The van der Waals surface area contributed by atoms with Gasteiger partial charge in [0.2, 0.25) is 5.78 Å². The second-order valence-electron chi connectivity index (χ2n) is 5.64. The Morgan fingerprint density at radius 2 is 1.92 bits per heavy atom. The first-order chi connectivity index (χ1) is 12.5. The predicted octanol–water partition coefficient (Wildman–Crippen LogP) is 5.11. The average molecular weight is 366 g/mol. The van der Waals surface area contributed by atoms with Gasteiger partial charge in [0.15, 0.2) is 0 Å². The molecule has 0 aliphatic carbocycles. The molecule has 26 heavy (non-hydrogen) atoms. The zero-order chi connectivity index (χ0) is 18.3. The van der Waals surface area contributed by atoms with Gasteiger partial charge in [0.25, 0.3) is 0 Å². The number of carbonyl (C=O) groups is 2. The molecule has 1 aromatic heterocycles. The molecular formula is C20H11FO4S. The highest BCUT2D eigenvalue weighted by molar-refractivity contribution is 8.04. The van der Waals surface area contributed by atoms with Crippen LogP contribution in [0.1, 0.15) is 26.5 Å². The maximum atomic E-state index is 13.5. The van der Waals surface area contributed by atoms with E-state index in [1.807, 2.05) is 18.2 Å². The van der Waals surface area contributed by atoms with Crippen molar-refractivity contribution in [2.24, 2.45) is 0 Å². The van der Waals surface area contributed by atoms with Crippen molar-refractivity contribution in [1.82, 2.24) is 0 Å². The van der Waals surface area contributed by atoms with Crippen LogP contribution < -0.4 is 0 Å². The number of thioether (sulfide) groups is 1. The minimum absolute atomic E-state index is 0.0569. The summed E-state index contributed by atoms with van der Waals surface area (Å²) in [4.78, 5) is 24.9. The summed E-state index contributed by atoms with van der Waals surface area (Å²) in [7, 11) is 0. The Labute approximate surface area is 152 Å². The molecular weight excluding hydrogens is 355 g/mol. The fourth-order valence-electron chi connectivity index (χ4n) is 2.69. The smallest absolute Gasteiger partial charge is 0.338 e. The third-order valence-electron chi connectivity index (χ3n) is 3.96. The van der Waals surface area contributed by atoms with Crippen LogP contribution in [0.5, 0.6) is 0 Å². The van der Waals surface area contributed by atoms with Gasteiger partial charge in [-0.25, -0.2) is 9.18 Å². The number of furan rings is 1. The van der Waals surface area contributed by atoms with Crippen molar-refractivity contribution in [3.05, 3.63) is 82.2 Å². The summed E-state index contributed by atoms with van der Waals surface area (Å²) in [5.41, 5.74) is 0.693. The van der Waals surface area contributed by atoms with Gasteiger partial charge in [0.1, 0.15) is 17.3 Å². The molecule has 0 saturated heterocycles. The number of aromatic carboxylic acids is 1. The van der Waals surface area contributed by atoms with Gasteiger partial charge in [-0.1, -0.05) is 23.9 Å². The summed E-state index contributed by atoms with van der Waals surface area (Å²) in [6.45, 7) is 0. The van der Waals surface area contributed by atoms with Crippen LogP contribution in [0.15, 0.2) is 68.8 Å². The minimum atomic E-state index is -1.34. The van der Waals surface area contributed by atoms with Crippen LogP contribution in [0.25, 0.3) is 17.4 Å². The van der Waals surface area contributed by atoms with Crippen molar-refractivity contribution in [2.75, 3.05) is 0 Å². The summed E-state index contributed by atoms with van der Waals surface area (Å²) < 4.78 is 19.2. The van der Waals surface area contributed by atoms with E-state index >= 15 is 0 Å². The SMILES string of the molecule is O=C(O)c1cc(-c2ccc(/C=C3\Sc4ccccc4C3=O)o2)ccc1F. The number of hydrogen-bond donors (Lipinski definition) is 1. The molecule has 2 aromatic carbocycles. The van der Waals surface area contributed by atoms with E-state index in [1.165, 1.54) is 23.9 Å². The quantitative estimate of drug-likeness (QED) is 0.652. The number of Topliss-reactive ketones (excluding diaryl/α,β-unsaturated/α-hetero) is 1. The summed E-state index contributed by atoms with van der Waals surface area (Å²) >= 11 is 1.38. The van der Waals surface area contributed by atoms with Crippen molar-refractivity contribution in [3.8, 4) is 11.3 Å². The van der Waals surface area contributed by atoms with Crippen molar-refractivity contribution < 1.29 is 23.5 Å². The number of carbonyl (C=O) groups excluding carboxylic acids is 1. The number of rotatable bonds is 3. The Morgan fingerprint density at radius 3 is 2.69 bits per heavy atom. The van der Waals surface area contributed by atoms with Crippen molar-refractivity contribution in [3.63, 3.8) is 0 Å². The van der Waals surface area contributed by atoms with Crippen LogP contribution in [-0.4, -0.2) is 16.9 Å². The lowest BCUT2D eigenvalue weighted by molar-refractivity contribution is 0.0691. The molecule has 4 rings (SSSR count). The molecule has 0 unspecified atom stereocenters. The molecule has 0 amide bonds. The summed E-state index contributed by atoms with van der Waals surface area (Å²) in [5, 5.41) is 9.03. The number of benzene rings is 2. The molecule has 2 heterocycles. The summed E-state index contributed by atoms with van der Waals surface area (Å²) in [6, 6.07) is 14.5. The average Bonchev–Trinajstić information content (AvgIpc) is 3.21. The van der Waals surface area contributed by atoms with Gasteiger partial charge in [-0.05, 0) is 48.5 Å². The predicted molar refractivity (Wildman–Crippen MR) is 95.7 cm³/mol. The van der Waals surface area contributed by atoms with E-state index in [9.17, 15) is 14.0 Å². The van der Waals surface area contributed by atoms with Crippen LogP contribution >= 0.6 is 11.8 Å². The van der Waals surface area contributed by atoms with Gasteiger partial charge in [-0.2, -0.15) is 0 Å². The number of hydrogen-bond acceptors (Lipinski definition) is 4. The lowest BCUT2D eigenvalue weighted by Gasteiger charge is -2.01. The molecule has 1 aliphatic rings. The fraction of sp³-hybridized carbons (Fsp3) is 0. The molecule has 0 saturated carbocycles. The van der Waals surface area contributed by atoms with Gasteiger partial charge in [-0.3, -0.25) is 4.79 Å². The maximum absolute atomic E-state index is 13.5. The molecule has 6 heteroatoms. The van der Waals surface area contributed by atoms with Crippen LogP contribution in [0.4, 0.5) is 4.39 Å². The Kier molecular flexibility index (Phi) is 3.97. The highest BCUT2D eigenvalue weighted by Gasteiger charge is 2.25. The van der Waals surface area contributed by atoms with Crippen molar-refractivity contribution in [2.45, 2.75) is 4.90 Å². The van der Waals surface area contributed by atoms with Crippen molar-refractivity contribution in [1.29, 1.82) is 0 Å². The summed E-state index contributed by atoms with van der Waals surface area (Å²) in [5.74, 6) is -1.35. The number of fused-ring (bicyclic) bond motifs is 1. The normalized spacial score (nSPS) is 14.7. The zero-order valence-corrected chi connectivity index (χ0v) is 14.0. The van der Waals surface area contributed by atoms with E-state index in [-0.39, 0.29) is 5.78 Å². The van der Waals surface area contributed by atoms with Gasteiger partial charge in [0, 0.05) is 16.0 Å². The molecule has 0 spiro atoms. The van der Waals surface area contributed by atoms with E-state index < -0.39 is 17.3 Å². The number of halogens is 1. The highest BCUT2D eigenvalue weighted by atomic mass is 32.2. The third-order valence-corrected chi connectivity index (χ3v) is 5.06. The largest absolute Gasteiger partial charge is 0.478 e. The lowest BCUT2D eigenvalue weighted by Crippen LogP contribution is -2.00. The molecule has 0 radical (unpaired) electrons. The summed E-state index contributed by atoms with van der Waals surface area (Å²) in [6.07, 6.45) is 1.65.